The smallest absolute Gasteiger partial charge is 0.306 e. The summed E-state index contributed by atoms with van der Waals surface area (Å²) in [5.41, 5.74) is 1.14. The molecule has 1 heterocycles. The van der Waals surface area contributed by atoms with E-state index in [4.69, 9.17) is 0 Å². The number of aryl methyl sites for hydroxylation is 1. The zero-order chi connectivity index (χ0) is 15.6. The highest BCUT2D eigenvalue weighted by Crippen LogP contribution is 2.16. The molecule has 5 nitrogen and oxygen atoms in total. The molecule has 0 spiro atoms. The first-order valence-corrected chi connectivity index (χ1v) is 7.44. The molecule has 112 valence electrons. The number of nitrogens with zero attached hydrogens (tertiary/aromatic N) is 2. The van der Waals surface area contributed by atoms with Crippen molar-refractivity contribution in [3.8, 4) is 0 Å². The Morgan fingerprint density at radius 3 is 2.43 bits per heavy atom. The van der Waals surface area contributed by atoms with E-state index in [2.05, 4.69) is 21.2 Å². The summed E-state index contributed by atoms with van der Waals surface area (Å²) in [6.07, 6.45) is 1.59. The lowest BCUT2D eigenvalue weighted by Crippen LogP contribution is -2.39. The summed E-state index contributed by atoms with van der Waals surface area (Å²) >= 11 is 3.41. The van der Waals surface area contributed by atoms with Crippen LogP contribution in [0.15, 0.2) is 44.5 Å². The van der Waals surface area contributed by atoms with Gasteiger partial charge in [0.25, 0.3) is 5.56 Å². The number of rotatable bonds is 4. The quantitative estimate of drug-likeness (QED) is 0.911. The Hall–Kier alpha value is -1.66. The second-order valence-electron chi connectivity index (χ2n) is 5.07. The van der Waals surface area contributed by atoms with Crippen LogP contribution >= 0.6 is 15.9 Å². The summed E-state index contributed by atoms with van der Waals surface area (Å²) in [4.78, 5) is 23.7. The van der Waals surface area contributed by atoms with Gasteiger partial charge in [-0.1, -0.05) is 28.1 Å². The van der Waals surface area contributed by atoms with Gasteiger partial charge in [0.2, 0.25) is 0 Å². The number of halogens is 1. The van der Waals surface area contributed by atoms with Gasteiger partial charge in [-0.15, -0.1) is 0 Å². The van der Waals surface area contributed by atoms with E-state index in [1.54, 1.807) is 13.2 Å². The van der Waals surface area contributed by atoms with Gasteiger partial charge in [-0.25, -0.2) is 4.79 Å². The van der Waals surface area contributed by atoms with Crippen LogP contribution in [0.3, 0.4) is 0 Å². The second kappa shape index (κ2) is 6.41. The molecule has 0 bridgehead atoms. The van der Waals surface area contributed by atoms with Gasteiger partial charge in [-0.05, 0) is 24.6 Å². The maximum Gasteiger partial charge on any atom is 0.330 e. The van der Waals surface area contributed by atoms with Crippen molar-refractivity contribution in [1.29, 1.82) is 0 Å². The summed E-state index contributed by atoms with van der Waals surface area (Å²) in [5.74, 6) is 0. The molecule has 6 heteroatoms. The van der Waals surface area contributed by atoms with Crippen LogP contribution < -0.4 is 16.6 Å². The molecule has 0 saturated carbocycles. The molecular weight excluding hydrogens is 334 g/mol. The number of hydrogen-bond donors (Lipinski definition) is 1. The first-order valence-electron chi connectivity index (χ1n) is 6.64. The molecule has 0 radical (unpaired) electrons. The highest BCUT2D eigenvalue weighted by molar-refractivity contribution is 9.10. The maximum absolute atomic E-state index is 12.0. The SMILES string of the molecule is CC(NCc1cn(C)c(=O)n(C)c1=O)c1ccc(Br)cc1. The lowest BCUT2D eigenvalue weighted by atomic mass is 10.1. The molecule has 1 aromatic carbocycles. The van der Waals surface area contributed by atoms with Crippen molar-refractivity contribution in [2.75, 3.05) is 0 Å². The number of hydrogen-bond acceptors (Lipinski definition) is 3. The number of nitrogens with one attached hydrogen (secondary N) is 1. The Bertz CT molecular complexity index is 747. The van der Waals surface area contributed by atoms with Crippen LogP contribution in [0, 0.1) is 0 Å². The minimum Gasteiger partial charge on any atom is -0.306 e. The predicted molar refractivity (Wildman–Crippen MR) is 86.3 cm³/mol. The molecule has 0 aliphatic rings. The summed E-state index contributed by atoms with van der Waals surface area (Å²) in [6.45, 7) is 2.45. The van der Waals surface area contributed by atoms with Gasteiger partial charge in [0, 0.05) is 42.9 Å². The summed E-state index contributed by atoms with van der Waals surface area (Å²) < 4.78 is 3.58. The molecule has 1 aromatic heterocycles. The molecule has 2 aromatic rings. The minimum atomic E-state index is -0.315. The topological polar surface area (TPSA) is 56.0 Å². The van der Waals surface area contributed by atoms with Gasteiger partial charge in [0.1, 0.15) is 0 Å². The standard InChI is InChI=1S/C15H18BrN3O2/c1-10(11-4-6-13(16)7-5-11)17-8-12-9-18(2)15(21)19(3)14(12)20/h4-7,9-10,17H,8H2,1-3H3. The van der Waals surface area contributed by atoms with Crippen LogP contribution in [0.2, 0.25) is 0 Å². The van der Waals surface area contributed by atoms with Crippen molar-refractivity contribution >= 4 is 15.9 Å². The molecule has 0 amide bonds. The van der Waals surface area contributed by atoms with Gasteiger partial charge in [0.15, 0.2) is 0 Å². The zero-order valence-electron chi connectivity index (χ0n) is 12.3. The predicted octanol–water partition coefficient (Wildman–Crippen LogP) is 1.70. The van der Waals surface area contributed by atoms with Crippen molar-refractivity contribution in [3.05, 3.63) is 66.9 Å². The van der Waals surface area contributed by atoms with Crippen molar-refractivity contribution < 1.29 is 0 Å². The van der Waals surface area contributed by atoms with Gasteiger partial charge < -0.3 is 9.88 Å². The highest BCUT2D eigenvalue weighted by Gasteiger charge is 2.09. The Kier molecular flexibility index (Phi) is 4.80. The Morgan fingerprint density at radius 1 is 1.19 bits per heavy atom. The summed E-state index contributed by atoms with van der Waals surface area (Å²) in [5, 5.41) is 3.31. The molecule has 1 N–H and O–H groups in total. The Morgan fingerprint density at radius 2 is 1.81 bits per heavy atom. The molecule has 21 heavy (non-hydrogen) atoms. The number of benzene rings is 1. The normalized spacial score (nSPS) is 12.4. The first kappa shape index (κ1) is 15.7. The summed E-state index contributed by atoms with van der Waals surface area (Å²) in [7, 11) is 3.13. The van der Waals surface area contributed by atoms with Crippen LogP contribution in [0.25, 0.3) is 0 Å². The third kappa shape index (κ3) is 3.51. The van der Waals surface area contributed by atoms with Crippen molar-refractivity contribution in [1.82, 2.24) is 14.5 Å². The highest BCUT2D eigenvalue weighted by atomic mass is 79.9. The van der Waals surface area contributed by atoms with Crippen molar-refractivity contribution in [2.24, 2.45) is 14.1 Å². The zero-order valence-corrected chi connectivity index (χ0v) is 13.8. The van der Waals surface area contributed by atoms with Gasteiger partial charge in [-0.3, -0.25) is 9.36 Å². The molecule has 1 atom stereocenters. The molecular formula is C15H18BrN3O2. The third-order valence-corrected chi connectivity index (χ3v) is 4.01. The lowest BCUT2D eigenvalue weighted by Gasteiger charge is -2.15. The van der Waals surface area contributed by atoms with E-state index in [0.29, 0.717) is 12.1 Å². The fourth-order valence-corrected chi connectivity index (χ4v) is 2.40. The van der Waals surface area contributed by atoms with E-state index >= 15 is 0 Å². The average Bonchev–Trinajstić information content (AvgIpc) is 2.48. The van der Waals surface area contributed by atoms with E-state index in [9.17, 15) is 9.59 Å². The van der Waals surface area contributed by atoms with Gasteiger partial charge in [0.05, 0.1) is 0 Å². The van der Waals surface area contributed by atoms with Gasteiger partial charge in [-0.2, -0.15) is 0 Å². The molecule has 0 aliphatic carbocycles. The van der Waals surface area contributed by atoms with Crippen LogP contribution in [0.1, 0.15) is 24.1 Å². The van der Waals surface area contributed by atoms with E-state index in [0.717, 1.165) is 14.6 Å². The van der Waals surface area contributed by atoms with Crippen LogP contribution in [-0.4, -0.2) is 9.13 Å². The fourth-order valence-electron chi connectivity index (χ4n) is 2.14. The third-order valence-electron chi connectivity index (χ3n) is 3.49. The maximum atomic E-state index is 12.0. The molecule has 2 rings (SSSR count). The van der Waals surface area contributed by atoms with E-state index < -0.39 is 0 Å². The molecule has 0 fully saturated rings. The Labute approximate surface area is 131 Å². The van der Waals surface area contributed by atoms with E-state index in [-0.39, 0.29) is 17.3 Å². The molecule has 1 unspecified atom stereocenters. The molecule has 0 saturated heterocycles. The van der Waals surface area contributed by atoms with Crippen LogP contribution in [0.4, 0.5) is 0 Å². The number of aromatic nitrogens is 2. The van der Waals surface area contributed by atoms with Crippen molar-refractivity contribution in [3.63, 3.8) is 0 Å². The van der Waals surface area contributed by atoms with E-state index in [1.165, 1.54) is 11.6 Å². The summed E-state index contributed by atoms with van der Waals surface area (Å²) in [6, 6.07) is 8.14. The fraction of sp³-hybridized carbons (Fsp3) is 0.333. The van der Waals surface area contributed by atoms with Crippen molar-refractivity contribution in [2.45, 2.75) is 19.5 Å². The first-order chi connectivity index (χ1) is 9.90. The lowest BCUT2D eigenvalue weighted by molar-refractivity contribution is 0.558. The second-order valence-corrected chi connectivity index (χ2v) is 5.98. The average molecular weight is 352 g/mol. The van der Waals surface area contributed by atoms with Crippen LogP contribution in [0.5, 0.6) is 0 Å². The molecule has 0 aliphatic heterocycles. The Balaban J connectivity index is 2.15. The van der Waals surface area contributed by atoms with E-state index in [1.807, 2.05) is 31.2 Å². The largest absolute Gasteiger partial charge is 0.330 e. The monoisotopic (exact) mass is 351 g/mol. The minimum absolute atomic E-state index is 0.111. The van der Waals surface area contributed by atoms with Gasteiger partial charge >= 0.3 is 5.69 Å². The van der Waals surface area contributed by atoms with Crippen LogP contribution in [-0.2, 0) is 20.6 Å².